The van der Waals surface area contributed by atoms with Crippen molar-refractivity contribution in [2.75, 3.05) is 11.9 Å². The van der Waals surface area contributed by atoms with Gasteiger partial charge in [0.05, 0.1) is 5.92 Å². The molecule has 0 radical (unpaired) electrons. The van der Waals surface area contributed by atoms with Crippen LogP contribution in [-0.4, -0.2) is 32.2 Å². The minimum atomic E-state index is -0.763. The van der Waals surface area contributed by atoms with Gasteiger partial charge in [0, 0.05) is 34.6 Å². The summed E-state index contributed by atoms with van der Waals surface area (Å²) in [6.45, 7) is 2.88. The van der Waals surface area contributed by atoms with Crippen LogP contribution in [0, 0.1) is 5.92 Å². The van der Waals surface area contributed by atoms with Gasteiger partial charge in [-0.05, 0) is 49.6 Å². The maximum atomic E-state index is 13.5. The average Bonchev–Trinajstić information content (AvgIpc) is 2.74. The molecule has 0 amide bonds. The second-order valence-electron chi connectivity index (χ2n) is 7.92. The summed E-state index contributed by atoms with van der Waals surface area (Å²) >= 11 is 6.18. The minimum absolute atomic E-state index is 0.0997. The van der Waals surface area contributed by atoms with Gasteiger partial charge in [-0.2, -0.15) is 4.98 Å². The molecule has 0 unspecified atom stereocenters. The number of fused-ring (bicyclic) bond motifs is 3. The lowest BCUT2D eigenvalue weighted by Crippen LogP contribution is -2.31. The highest BCUT2D eigenvalue weighted by Gasteiger charge is 2.29. The van der Waals surface area contributed by atoms with E-state index in [1.165, 1.54) is 0 Å². The third kappa shape index (κ3) is 3.86. The zero-order valence-electron chi connectivity index (χ0n) is 16.9. The van der Waals surface area contributed by atoms with Crippen LogP contribution < -0.4 is 10.9 Å². The third-order valence-corrected chi connectivity index (χ3v) is 6.18. The number of hydrogen-bond donors (Lipinski definition) is 2. The fraction of sp³-hybridized carbons (Fsp3) is 0.455. The highest BCUT2D eigenvalue weighted by Crippen LogP contribution is 2.34. The molecule has 2 heterocycles. The number of halogens is 1. The van der Waals surface area contributed by atoms with Gasteiger partial charge >= 0.3 is 5.97 Å². The lowest BCUT2D eigenvalue weighted by molar-refractivity contribution is -0.143. The molecule has 3 aromatic rings. The van der Waals surface area contributed by atoms with E-state index in [-0.39, 0.29) is 17.5 Å². The Balaban J connectivity index is 1.86. The number of aliphatic carboxylic acids is 1. The Kier molecular flexibility index (Phi) is 5.90. The second-order valence-corrected chi connectivity index (χ2v) is 8.36. The Morgan fingerprint density at radius 3 is 2.70 bits per heavy atom. The van der Waals surface area contributed by atoms with Gasteiger partial charge in [0.2, 0.25) is 5.95 Å². The van der Waals surface area contributed by atoms with Crippen LogP contribution in [0.1, 0.15) is 51.5 Å². The molecular formula is C22H25ClN4O3. The molecule has 1 aliphatic rings. The molecule has 158 valence electrons. The van der Waals surface area contributed by atoms with E-state index in [4.69, 9.17) is 16.6 Å². The lowest BCUT2D eigenvalue weighted by Gasteiger charge is -2.28. The normalized spacial score (nSPS) is 19.3. The Hall–Kier alpha value is -2.67. The van der Waals surface area contributed by atoms with Gasteiger partial charge in [0.1, 0.15) is 5.65 Å². The van der Waals surface area contributed by atoms with Crippen LogP contribution >= 0.6 is 11.6 Å². The Morgan fingerprint density at radius 2 is 2.00 bits per heavy atom. The molecule has 30 heavy (non-hydrogen) atoms. The van der Waals surface area contributed by atoms with Gasteiger partial charge in [-0.25, -0.2) is 4.98 Å². The predicted octanol–water partition coefficient (Wildman–Crippen LogP) is 4.63. The molecule has 7 nitrogen and oxygen atoms in total. The van der Waals surface area contributed by atoms with Crippen molar-refractivity contribution in [3.8, 4) is 0 Å². The quantitative estimate of drug-likeness (QED) is 0.439. The Morgan fingerprint density at radius 1 is 1.23 bits per heavy atom. The molecular weight excluding hydrogens is 404 g/mol. The van der Waals surface area contributed by atoms with E-state index in [9.17, 15) is 14.7 Å². The summed E-state index contributed by atoms with van der Waals surface area (Å²) in [6, 6.07) is 5.18. The van der Waals surface area contributed by atoms with E-state index in [2.05, 4.69) is 17.2 Å². The van der Waals surface area contributed by atoms with Gasteiger partial charge in [-0.3, -0.25) is 14.2 Å². The molecule has 0 bridgehead atoms. The van der Waals surface area contributed by atoms with E-state index < -0.39 is 5.97 Å². The number of carboxylic acids is 1. The summed E-state index contributed by atoms with van der Waals surface area (Å²) in [5.41, 5.74) is 0.444. The molecule has 1 fully saturated rings. The predicted molar refractivity (Wildman–Crippen MR) is 118 cm³/mol. The maximum Gasteiger partial charge on any atom is 0.306 e. The van der Waals surface area contributed by atoms with Crippen LogP contribution in [0.5, 0.6) is 0 Å². The third-order valence-electron chi connectivity index (χ3n) is 5.94. The monoisotopic (exact) mass is 428 g/mol. The molecule has 0 spiro atoms. The van der Waals surface area contributed by atoms with E-state index >= 15 is 0 Å². The number of aromatic nitrogens is 3. The Bertz CT molecular complexity index is 1150. The smallest absolute Gasteiger partial charge is 0.306 e. The first-order valence-corrected chi connectivity index (χ1v) is 10.8. The fourth-order valence-corrected chi connectivity index (χ4v) is 4.45. The number of nitrogens with one attached hydrogen (secondary N) is 1. The molecule has 1 aromatic carbocycles. The van der Waals surface area contributed by atoms with Crippen LogP contribution in [-0.2, 0) is 4.79 Å². The van der Waals surface area contributed by atoms with E-state index in [1.807, 2.05) is 6.07 Å². The summed E-state index contributed by atoms with van der Waals surface area (Å²) in [7, 11) is 0. The van der Waals surface area contributed by atoms with Crippen LogP contribution in [0.4, 0.5) is 5.95 Å². The van der Waals surface area contributed by atoms with Crippen molar-refractivity contribution >= 4 is 45.3 Å². The number of carboxylic acid groups (broad SMARTS) is 1. The van der Waals surface area contributed by atoms with Crippen molar-refractivity contribution in [3.05, 3.63) is 39.8 Å². The SMILES string of the molecule is CCCCNc1ncc2c3ccc(Cl)cc3c(=O)n(C3CCC(C(=O)O)CC3)c2n1. The number of carbonyl (C=O) groups is 1. The number of hydrogen-bond acceptors (Lipinski definition) is 5. The summed E-state index contributed by atoms with van der Waals surface area (Å²) in [6.07, 6.45) is 6.17. The van der Waals surface area contributed by atoms with Gasteiger partial charge in [0.25, 0.3) is 5.56 Å². The molecule has 2 aromatic heterocycles. The zero-order chi connectivity index (χ0) is 21.3. The number of unbranched alkanes of at least 4 members (excludes halogenated alkanes) is 1. The lowest BCUT2D eigenvalue weighted by atomic mass is 9.86. The number of benzene rings is 1. The highest BCUT2D eigenvalue weighted by molar-refractivity contribution is 6.31. The fourth-order valence-electron chi connectivity index (χ4n) is 4.28. The van der Waals surface area contributed by atoms with Gasteiger partial charge < -0.3 is 10.4 Å². The van der Waals surface area contributed by atoms with Crippen molar-refractivity contribution < 1.29 is 9.90 Å². The van der Waals surface area contributed by atoms with Gasteiger partial charge in [-0.1, -0.05) is 31.0 Å². The standard InChI is InChI=1S/C22H25ClN4O3/c1-2-3-10-24-22-25-12-18-16-9-6-14(23)11-17(16)20(28)27(19(18)26-22)15-7-4-13(5-8-15)21(29)30/h6,9,11-13,15H,2-5,7-8,10H2,1H3,(H,29,30)(H,24,25,26). The van der Waals surface area contributed by atoms with Crippen molar-refractivity contribution in [1.82, 2.24) is 14.5 Å². The number of rotatable bonds is 6. The first-order chi connectivity index (χ1) is 14.5. The van der Waals surface area contributed by atoms with E-state index in [0.717, 1.165) is 30.2 Å². The van der Waals surface area contributed by atoms with E-state index in [0.29, 0.717) is 47.7 Å². The van der Waals surface area contributed by atoms with Crippen molar-refractivity contribution in [1.29, 1.82) is 0 Å². The first-order valence-electron chi connectivity index (χ1n) is 10.5. The number of nitrogens with zero attached hydrogens (tertiary/aromatic N) is 3. The molecule has 0 atom stereocenters. The molecule has 2 N–H and O–H groups in total. The number of pyridine rings is 1. The van der Waals surface area contributed by atoms with Gasteiger partial charge in [0.15, 0.2) is 0 Å². The largest absolute Gasteiger partial charge is 0.481 e. The zero-order valence-corrected chi connectivity index (χ0v) is 17.7. The topological polar surface area (TPSA) is 97.1 Å². The van der Waals surface area contributed by atoms with Gasteiger partial charge in [-0.15, -0.1) is 0 Å². The summed E-state index contributed by atoms with van der Waals surface area (Å²) in [5.74, 6) is -0.615. The number of anilines is 1. The maximum absolute atomic E-state index is 13.5. The molecule has 0 saturated heterocycles. The summed E-state index contributed by atoms with van der Waals surface area (Å²) in [5, 5.41) is 15.1. The molecule has 8 heteroatoms. The van der Waals surface area contributed by atoms with Crippen molar-refractivity contribution in [2.24, 2.45) is 5.92 Å². The average molecular weight is 429 g/mol. The van der Waals surface area contributed by atoms with Crippen LogP contribution in [0.25, 0.3) is 21.8 Å². The molecule has 1 aliphatic carbocycles. The van der Waals surface area contributed by atoms with E-state index in [1.54, 1.807) is 22.9 Å². The molecule has 4 rings (SSSR count). The second kappa shape index (κ2) is 8.60. The summed E-state index contributed by atoms with van der Waals surface area (Å²) < 4.78 is 1.73. The first kappa shape index (κ1) is 20.6. The highest BCUT2D eigenvalue weighted by atomic mass is 35.5. The Labute approximate surface area is 179 Å². The van der Waals surface area contributed by atoms with Crippen molar-refractivity contribution in [2.45, 2.75) is 51.5 Å². The van der Waals surface area contributed by atoms with Crippen LogP contribution in [0.2, 0.25) is 5.02 Å². The molecule has 0 aliphatic heterocycles. The van der Waals surface area contributed by atoms with Crippen LogP contribution in [0.15, 0.2) is 29.2 Å². The molecule has 1 saturated carbocycles. The van der Waals surface area contributed by atoms with Crippen molar-refractivity contribution in [3.63, 3.8) is 0 Å². The minimum Gasteiger partial charge on any atom is -0.481 e. The van der Waals surface area contributed by atoms with Crippen LogP contribution in [0.3, 0.4) is 0 Å². The summed E-state index contributed by atoms with van der Waals surface area (Å²) in [4.78, 5) is 34.0.